The van der Waals surface area contributed by atoms with Crippen LogP contribution in [0.1, 0.15) is 30.3 Å². The zero-order chi connectivity index (χ0) is 15.0. The second kappa shape index (κ2) is 5.20. The highest BCUT2D eigenvalue weighted by molar-refractivity contribution is 5.66. The van der Waals surface area contributed by atoms with Crippen LogP contribution in [-0.2, 0) is 0 Å². The number of aromatic amines is 1. The van der Waals surface area contributed by atoms with E-state index in [0.29, 0.717) is 29.2 Å². The second-order valence-corrected chi connectivity index (χ2v) is 5.28. The molecule has 2 heterocycles. The summed E-state index contributed by atoms with van der Waals surface area (Å²) in [6, 6.07) is 4.74. The van der Waals surface area contributed by atoms with Crippen LogP contribution in [0.4, 0.5) is 9.18 Å². The molecule has 0 spiro atoms. The average molecular weight is 289 g/mol. The second-order valence-electron chi connectivity index (χ2n) is 5.28. The standard InChI is InChI=1S/C15H16FN3O2/c1-9-4-5-10(7-11(9)16)12-8-17-14(18-12)13-3-2-6-19(13)15(20)21/h4-5,7-8,13H,2-3,6H2,1H3,(H,17,18)(H,20,21). The molecule has 2 N–H and O–H groups in total. The first-order chi connectivity index (χ1) is 10.1. The molecule has 1 unspecified atom stereocenters. The Morgan fingerprint density at radius 2 is 2.33 bits per heavy atom. The van der Waals surface area contributed by atoms with Crippen LogP contribution in [0.25, 0.3) is 11.3 Å². The van der Waals surface area contributed by atoms with E-state index in [2.05, 4.69) is 9.97 Å². The van der Waals surface area contributed by atoms with E-state index in [9.17, 15) is 14.3 Å². The van der Waals surface area contributed by atoms with E-state index >= 15 is 0 Å². The molecular weight excluding hydrogens is 273 g/mol. The third kappa shape index (κ3) is 2.49. The maximum Gasteiger partial charge on any atom is 0.407 e. The highest BCUT2D eigenvalue weighted by Gasteiger charge is 2.31. The Bertz CT molecular complexity index is 683. The average Bonchev–Trinajstić information content (AvgIpc) is 3.09. The Hall–Kier alpha value is -2.37. The van der Waals surface area contributed by atoms with Crippen LogP contribution in [0.5, 0.6) is 0 Å². The highest BCUT2D eigenvalue weighted by atomic mass is 19.1. The SMILES string of the molecule is Cc1ccc(-c2cnc(C3CCCN3C(=O)O)[nH]2)cc1F. The summed E-state index contributed by atoms with van der Waals surface area (Å²) in [4.78, 5) is 20.0. The summed E-state index contributed by atoms with van der Waals surface area (Å²) < 4.78 is 13.6. The van der Waals surface area contributed by atoms with Crippen molar-refractivity contribution in [2.45, 2.75) is 25.8 Å². The topological polar surface area (TPSA) is 69.2 Å². The molecule has 1 aromatic carbocycles. The first-order valence-corrected chi connectivity index (χ1v) is 6.87. The molecule has 1 aromatic heterocycles. The van der Waals surface area contributed by atoms with Crippen molar-refractivity contribution < 1.29 is 14.3 Å². The van der Waals surface area contributed by atoms with Gasteiger partial charge in [0.15, 0.2) is 0 Å². The quantitative estimate of drug-likeness (QED) is 0.890. The third-order valence-corrected chi connectivity index (χ3v) is 3.89. The number of amides is 1. The van der Waals surface area contributed by atoms with Gasteiger partial charge in [-0.25, -0.2) is 14.2 Å². The Morgan fingerprint density at radius 1 is 1.52 bits per heavy atom. The summed E-state index contributed by atoms with van der Waals surface area (Å²) in [6.45, 7) is 2.23. The van der Waals surface area contributed by atoms with Gasteiger partial charge in [-0.3, -0.25) is 4.90 Å². The van der Waals surface area contributed by atoms with E-state index in [1.807, 2.05) is 6.07 Å². The number of benzene rings is 1. The van der Waals surface area contributed by atoms with Gasteiger partial charge in [-0.2, -0.15) is 0 Å². The van der Waals surface area contributed by atoms with Crippen molar-refractivity contribution in [3.8, 4) is 11.3 Å². The molecule has 110 valence electrons. The number of carboxylic acid groups (broad SMARTS) is 1. The number of nitrogens with zero attached hydrogens (tertiary/aromatic N) is 2. The molecule has 0 saturated carbocycles. The van der Waals surface area contributed by atoms with Crippen molar-refractivity contribution in [2.75, 3.05) is 6.54 Å². The Balaban J connectivity index is 1.89. The normalized spacial score (nSPS) is 18.2. The molecule has 1 aliphatic heterocycles. The largest absolute Gasteiger partial charge is 0.465 e. The number of aromatic nitrogens is 2. The summed E-state index contributed by atoms with van der Waals surface area (Å²) in [7, 11) is 0. The molecule has 21 heavy (non-hydrogen) atoms. The minimum atomic E-state index is -0.933. The van der Waals surface area contributed by atoms with Crippen molar-refractivity contribution >= 4 is 6.09 Å². The van der Waals surface area contributed by atoms with Crippen LogP contribution in [0.3, 0.4) is 0 Å². The maximum absolute atomic E-state index is 13.6. The molecule has 0 radical (unpaired) electrons. The Labute approximate surface area is 121 Å². The maximum atomic E-state index is 13.6. The Kier molecular flexibility index (Phi) is 3.37. The lowest BCUT2D eigenvalue weighted by molar-refractivity contribution is 0.139. The number of rotatable bonds is 2. The van der Waals surface area contributed by atoms with Gasteiger partial charge in [0.2, 0.25) is 0 Å². The van der Waals surface area contributed by atoms with Crippen molar-refractivity contribution in [1.82, 2.24) is 14.9 Å². The molecule has 0 aliphatic carbocycles. The zero-order valence-electron chi connectivity index (χ0n) is 11.6. The molecular formula is C15H16FN3O2. The van der Waals surface area contributed by atoms with Gasteiger partial charge in [-0.15, -0.1) is 0 Å². The predicted molar refractivity (Wildman–Crippen MR) is 75.4 cm³/mol. The number of likely N-dealkylation sites (tertiary alicyclic amines) is 1. The van der Waals surface area contributed by atoms with Crippen LogP contribution >= 0.6 is 0 Å². The van der Waals surface area contributed by atoms with Gasteiger partial charge >= 0.3 is 6.09 Å². The lowest BCUT2D eigenvalue weighted by atomic mass is 10.1. The number of carbonyl (C=O) groups is 1. The zero-order valence-corrected chi connectivity index (χ0v) is 11.6. The number of hydrogen-bond acceptors (Lipinski definition) is 2. The van der Waals surface area contributed by atoms with E-state index in [1.165, 1.54) is 11.0 Å². The summed E-state index contributed by atoms with van der Waals surface area (Å²) in [5.74, 6) is 0.350. The van der Waals surface area contributed by atoms with Crippen LogP contribution in [0.2, 0.25) is 0 Å². The summed E-state index contributed by atoms with van der Waals surface area (Å²) in [5, 5.41) is 9.17. The predicted octanol–water partition coefficient (Wildman–Crippen LogP) is 3.34. The third-order valence-electron chi connectivity index (χ3n) is 3.89. The van der Waals surface area contributed by atoms with E-state index in [-0.39, 0.29) is 11.9 Å². The van der Waals surface area contributed by atoms with E-state index in [0.717, 1.165) is 12.8 Å². The van der Waals surface area contributed by atoms with Gasteiger partial charge in [0, 0.05) is 12.1 Å². The fraction of sp³-hybridized carbons (Fsp3) is 0.333. The monoisotopic (exact) mass is 289 g/mol. The first-order valence-electron chi connectivity index (χ1n) is 6.87. The van der Waals surface area contributed by atoms with Gasteiger partial charge in [-0.1, -0.05) is 12.1 Å². The van der Waals surface area contributed by atoms with Crippen LogP contribution in [0, 0.1) is 12.7 Å². The van der Waals surface area contributed by atoms with Gasteiger partial charge in [0.1, 0.15) is 11.6 Å². The molecule has 6 heteroatoms. The molecule has 1 fully saturated rings. The molecule has 1 amide bonds. The number of halogens is 1. The lowest BCUT2D eigenvalue weighted by Gasteiger charge is -2.19. The number of nitrogens with one attached hydrogen (secondary N) is 1. The first kappa shape index (κ1) is 13.6. The van der Waals surface area contributed by atoms with Crippen molar-refractivity contribution in [2.24, 2.45) is 0 Å². The fourth-order valence-electron chi connectivity index (χ4n) is 2.69. The van der Waals surface area contributed by atoms with Crippen molar-refractivity contribution in [3.05, 3.63) is 41.6 Å². The Morgan fingerprint density at radius 3 is 3.05 bits per heavy atom. The molecule has 0 bridgehead atoms. The summed E-state index contributed by atoms with van der Waals surface area (Å²) in [5.41, 5.74) is 1.99. The molecule has 3 rings (SSSR count). The molecule has 2 aromatic rings. The lowest BCUT2D eigenvalue weighted by Crippen LogP contribution is -2.29. The van der Waals surface area contributed by atoms with Gasteiger partial charge < -0.3 is 10.1 Å². The van der Waals surface area contributed by atoms with Gasteiger partial charge in [0.25, 0.3) is 0 Å². The number of aryl methyl sites for hydroxylation is 1. The molecule has 1 saturated heterocycles. The molecule has 5 nitrogen and oxygen atoms in total. The highest BCUT2D eigenvalue weighted by Crippen LogP contribution is 2.31. The van der Waals surface area contributed by atoms with Gasteiger partial charge in [-0.05, 0) is 31.4 Å². The minimum Gasteiger partial charge on any atom is -0.465 e. The van der Waals surface area contributed by atoms with Crippen LogP contribution in [-0.4, -0.2) is 32.6 Å². The number of hydrogen-bond donors (Lipinski definition) is 2. The minimum absolute atomic E-state index is 0.244. The van der Waals surface area contributed by atoms with Crippen molar-refractivity contribution in [3.63, 3.8) is 0 Å². The molecule has 1 atom stereocenters. The van der Waals surface area contributed by atoms with Crippen LogP contribution < -0.4 is 0 Å². The fourth-order valence-corrected chi connectivity index (χ4v) is 2.69. The molecule has 1 aliphatic rings. The van der Waals surface area contributed by atoms with Crippen LogP contribution in [0.15, 0.2) is 24.4 Å². The van der Waals surface area contributed by atoms with E-state index in [1.54, 1.807) is 19.2 Å². The van der Waals surface area contributed by atoms with Gasteiger partial charge in [0.05, 0.1) is 17.9 Å². The number of H-pyrrole nitrogens is 1. The van der Waals surface area contributed by atoms with Crippen molar-refractivity contribution in [1.29, 1.82) is 0 Å². The van der Waals surface area contributed by atoms with E-state index < -0.39 is 6.09 Å². The summed E-state index contributed by atoms with van der Waals surface area (Å²) >= 11 is 0. The number of imidazole rings is 1. The summed E-state index contributed by atoms with van der Waals surface area (Å²) in [6.07, 6.45) is 2.27. The smallest absolute Gasteiger partial charge is 0.407 e. The van der Waals surface area contributed by atoms with E-state index in [4.69, 9.17) is 0 Å².